The number of hydrogen-bond donors (Lipinski definition) is 0. The Labute approximate surface area is 113 Å². The summed E-state index contributed by atoms with van der Waals surface area (Å²) in [6.45, 7) is 0. The number of methoxy groups -OCH3 is 1. The van der Waals surface area contributed by atoms with Crippen molar-refractivity contribution in [3.05, 3.63) is 33.6 Å². The molecule has 0 saturated carbocycles. The number of fused-ring (bicyclic) bond motifs is 1. The summed E-state index contributed by atoms with van der Waals surface area (Å²) < 4.78 is 7.02. The van der Waals surface area contributed by atoms with Gasteiger partial charge in [0.1, 0.15) is 0 Å². The Hall–Kier alpha value is -0.870. The summed E-state index contributed by atoms with van der Waals surface area (Å²) in [7, 11) is 1.43. The lowest BCUT2D eigenvalue weighted by Crippen LogP contribution is -2.00. The highest BCUT2D eigenvalue weighted by Crippen LogP contribution is 2.29. The van der Waals surface area contributed by atoms with Crippen LogP contribution in [0.5, 0.6) is 0 Å². The average molecular weight is 313 g/mol. The van der Waals surface area contributed by atoms with E-state index in [2.05, 4.69) is 44.2 Å². The van der Waals surface area contributed by atoms with Gasteiger partial charge in [-0.05, 0) is 47.4 Å². The number of benzene rings is 1. The molecule has 0 aliphatic heterocycles. The van der Waals surface area contributed by atoms with Crippen LogP contribution in [0.3, 0.4) is 0 Å². The van der Waals surface area contributed by atoms with Crippen molar-refractivity contribution < 1.29 is 9.53 Å². The molecule has 1 heterocycles. The van der Waals surface area contributed by atoms with Crippen LogP contribution in [0.4, 0.5) is 0 Å². The lowest BCUT2D eigenvalue weighted by atomic mass is 10.1. The number of halogens is 1. The van der Waals surface area contributed by atoms with E-state index in [4.69, 9.17) is 0 Å². The Morgan fingerprint density at radius 1 is 1.47 bits per heavy atom. The Morgan fingerprint density at radius 3 is 3.06 bits per heavy atom. The minimum atomic E-state index is -0.134. The lowest BCUT2D eigenvalue weighted by Gasteiger charge is -2.00. The number of esters is 1. The SMILES string of the molecule is COC(=O)CCCc1csc2ccc(Br)cc12. The Kier molecular flexibility index (Phi) is 4.18. The van der Waals surface area contributed by atoms with Gasteiger partial charge in [-0.3, -0.25) is 4.79 Å². The fourth-order valence-electron chi connectivity index (χ4n) is 1.77. The van der Waals surface area contributed by atoms with Crippen LogP contribution in [0, 0.1) is 0 Å². The number of ether oxygens (including phenoxy) is 1. The van der Waals surface area contributed by atoms with Crippen LogP contribution in [0.1, 0.15) is 18.4 Å². The molecule has 0 atom stereocenters. The van der Waals surface area contributed by atoms with Crippen LogP contribution in [0.2, 0.25) is 0 Å². The van der Waals surface area contributed by atoms with Crippen molar-refractivity contribution in [2.45, 2.75) is 19.3 Å². The third kappa shape index (κ3) is 3.07. The highest BCUT2D eigenvalue weighted by Gasteiger charge is 2.06. The van der Waals surface area contributed by atoms with Gasteiger partial charge in [-0.25, -0.2) is 0 Å². The monoisotopic (exact) mass is 312 g/mol. The maximum Gasteiger partial charge on any atom is 0.305 e. The van der Waals surface area contributed by atoms with Gasteiger partial charge in [0.15, 0.2) is 0 Å². The summed E-state index contributed by atoms with van der Waals surface area (Å²) >= 11 is 5.23. The molecule has 4 heteroatoms. The Morgan fingerprint density at radius 2 is 2.29 bits per heavy atom. The average Bonchev–Trinajstić information content (AvgIpc) is 2.72. The van der Waals surface area contributed by atoms with Crippen LogP contribution in [-0.4, -0.2) is 13.1 Å². The van der Waals surface area contributed by atoms with Gasteiger partial charge in [-0.15, -0.1) is 11.3 Å². The summed E-state index contributed by atoms with van der Waals surface area (Å²) in [6, 6.07) is 6.31. The van der Waals surface area contributed by atoms with Gasteiger partial charge in [0, 0.05) is 15.6 Å². The first kappa shape index (κ1) is 12.6. The predicted molar refractivity (Wildman–Crippen MR) is 74.5 cm³/mol. The van der Waals surface area contributed by atoms with Crippen LogP contribution in [-0.2, 0) is 16.0 Å². The molecular formula is C13H13BrO2S. The second-order valence-electron chi connectivity index (χ2n) is 3.83. The number of hydrogen-bond acceptors (Lipinski definition) is 3. The van der Waals surface area contributed by atoms with Crippen molar-refractivity contribution in [1.29, 1.82) is 0 Å². The zero-order valence-corrected chi connectivity index (χ0v) is 11.9. The number of rotatable bonds is 4. The number of aryl methyl sites for hydroxylation is 1. The largest absolute Gasteiger partial charge is 0.469 e. The van der Waals surface area contributed by atoms with Crippen LogP contribution in [0.15, 0.2) is 28.1 Å². The predicted octanol–water partition coefficient (Wildman–Crippen LogP) is 4.16. The van der Waals surface area contributed by atoms with E-state index in [1.807, 2.05) is 0 Å². The summed E-state index contributed by atoms with van der Waals surface area (Å²) in [5, 5.41) is 3.46. The molecule has 0 radical (unpaired) electrons. The fourth-order valence-corrected chi connectivity index (χ4v) is 3.11. The molecule has 2 rings (SSSR count). The van der Waals surface area contributed by atoms with E-state index in [9.17, 15) is 4.79 Å². The summed E-state index contributed by atoms with van der Waals surface area (Å²) in [4.78, 5) is 11.0. The molecule has 17 heavy (non-hydrogen) atoms. The number of carbonyl (C=O) groups excluding carboxylic acids is 1. The van der Waals surface area contributed by atoms with E-state index in [1.165, 1.54) is 22.8 Å². The topological polar surface area (TPSA) is 26.3 Å². The molecule has 0 amide bonds. The van der Waals surface area contributed by atoms with Crippen LogP contribution >= 0.6 is 27.3 Å². The first-order valence-corrected chi connectivity index (χ1v) is 7.10. The molecule has 0 N–H and O–H groups in total. The first-order chi connectivity index (χ1) is 8.20. The molecule has 0 aliphatic rings. The minimum absolute atomic E-state index is 0.134. The highest BCUT2D eigenvalue weighted by atomic mass is 79.9. The minimum Gasteiger partial charge on any atom is -0.469 e. The van der Waals surface area contributed by atoms with Crippen LogP contribution < -0.4 is 0 Å². The molecule has 0 bridgehead atoms. The van der Waals surface area contributed by atoms with E-state index < -0.39 is 0 Å². The number of thiophene rings is 1. The third-order valence-electron chi connectivity index (χ3n) is 2.67. The molecule has 0 aliphatic carbocycles. The quantitative estimate of drug-likeness (QED) is 0.792. The Bertz CT molecular complexity index is 533. The normalized spacial score (nSPS) is 10.7. The zero-order valence-electron chi connectivity index (χ0n) is 9.53. The fraction of sp³-hybridized carbons (Fsp3) is 0.308. The van der Waals surface area contributed by atoms with Gasteiger partial charge in [-0.2, -0.15) is 0 Å². The maximum atomic E-state index is 11.0. The van der Waals surface area contributed by atoms with E-state index in [1.54, 1.807) is 11.3 Å². The molecule has 0 unspecified atom stereocenters. The van der Waals surface area contributed by atoms with Gasteiger partial charge in [0.25, 0.3) is 0 Å². The van der Waals surface area contributed by atoms with Crippen molar-refractivity contribution in [1.82, 2.24) is 0 Å². The standard InChI is InChI=1S/C13H13BrO2S/c1-16-13(15)4-2-3-9-8-17-12-6-5-10(14)7-11(9)12/h5-8H,2-4H2,1H3. The lowest BCUT2D eigenvalue weighted by molar-refractivity contribution is -0.140. The molecular weight excluding hydrogens is 300 g/mol. The van der Waals surface area contributed by atoms with Gasteiger partial charge in [0.05, 0.1) is 7.11 Å². The van der Waals surface area contributed by atoms with Crippen LogP contribution in [0.25, 0.3) is 10.1 Å². The summed E-state index contributed by atoms with van der Waals surface area (Å²) in [5.74, 6) is -0.134. The maximum absolute atomic E-state index is 11.0. The second kappa shape index (κ2) is 5.65. The van der Waals surface area contributed by atoms with E-state index >= 15 is 0 Å². The van der Waals surface area contributed by atoms with Crippen molar-refractivity contribution in [2.75, 3.05) is 7.11 Å². The highest BCUT2D eigenvalue weighted by molar-refractivity contribution is 9.10. The van der Waals surface area contributed by atoms with Crippen molar-refractivity contribution in [2.24, 2.45) is 0 Å². The first-order valence-electron chi connectivity index (χ1n) is 5.43. The smallest absolute Gasteiger partial charge is 0.305 e. The molecule has 2 nitrogen and oxygen atoms in total. The summed E-state index contributed by atoms with van der Waals surface area (Å²) in [5.41, 5.74) is 1.32. The molecule has 1 aromatic heterocycles. The van der Waals surface area contributed by atoms with E-state index in [-0.39, 0.29) is 5.97 Å². The molecule has 0 saturated heterocycles. The molecule has 0 spiro atoms. The van der Waals surface area contributed by atoms with Gasteiger partial charge in [0.2, 0.25) is 0 Å². The van der Waals surface area contributed by atoms with Gasteiger partial charge >= 0.3 is 5.97 Å². The number of carbonyl (C=O) groups is 1. The van der Waals surface area contributed by atoms with Crippen molar-refractivity contribution in [3.63, 3.8) is 0 Å². The molecule has 1 aromatic carbocycles. The van der Waals surface area contributed by atoms with Crippen molar-refractivity contribution >= 4 is 43.3 Å². The second-order valence-corrected chi connectivity index (χ2v) is 5.66. The molecule has 0 fully saturated rings. The third-order valence-corrected chi connectivity index (χ3v) is 4.18. The summed E-state index contributed by atoms with van der Waals surface area (Å²) in [6.07, 6.45) is 2.25. The van der Waals surface area contributed by atoms with E-state index in [0.717, 1.165) is 17.3 Å². The van der Waals surface area contributed by atoms with Crippen molar-refractivity contribution in [3.8, 4) is 0 Å². The molecule has 2 aromatic rings. The van der Waals surface area contributed by atoms with Gasteiger partial charge < -0.3 is 4.74 Å². The zero-order chi connectivity index (χ0) is 12.3. The van der Waals surface area contributed by atoms with Gasteiger partial charge in [-0.1, -0.05) is 15.9 Å². The Balaban J connectivity index is 2.08. The van der Waals surface area contributed by atoms with E-state index in [0.29, 0.717) is 6.42 Å². The molecule has 90 valence electrons.